The maximum absolute atomic E-state index is 14.0. The molecule has 0 spiro atoms. The van der Waals surface area contributed by atoms with Gasteiger partial charge in [0, 0.05) is 25.1 Å². The largest absolute Gasteiger partial charge is 0.493 e. The summed E-state index contributed by atoms with van der Waals surface area (Å²) in [6.45, 7) is 4.68. The second-order valence-electron chi connectivity index (χ2n) is 8.94. The van der Waals surface area contributed by atoms with Crippen molar-refractivity contribution >= 4 is 11.7 Å². The summed E-state index contributed by atoms with van der Waals surface area (Å²) in [6.07, 6.45) is -3.05. The van der Waals surface area contributed by atoms with Crippen LogP contribution in [0.4, 0.5) is 19.0 Å². The maximum atomic E-state index is 14.0. The quantitative estimate of drug-likeness (QED) is 0.700. The minimum atomic E-state index is -4.52. The van der Waals surface area contributed by atoms with Crippen LogP contribution in [0, 0.1) is 5.92 Å². The van der Waals surface area contributed by atoms with Crippen LogP contribution in [0.25, 0.3) is 0 Å². The average molecular weight is 467 g/mol. The van der Waals surface area contributed by atoms with Crippen molar-refractivity contribution in [2.45, 2.75) is 57.4 Å². The van der Waals surface area contributed by atoms with Gasteiger partial charge in [-0.1, -0.05) is 13.0 Å². The second-order valence-corrected chi connectivity index (χ2v) is 8.94. The lowest BCUT2D eigenvalue weighted by Crippen LogP contribution is -2.44. The molecular formula is C23H29F3N4O3. The van der Waals surface area contributed by atoms with Gasteiger partial charge in [0.2, 0.25) is 0 Å². The summed E-state index contributed by atoms with van der Waals surface area (Å²) in [7, 11) is 2.97. The minimum Gasteiger partial charge on any atom is -0.493 e. The summed E-state index contributed by atoms with van der Waals surface area (Å²) < 4.78 is 53.5. The number of hydrogen-bond acceptors (Lipinski definition) is 5. The lowest BCUT2D eigenvalue weighted by molar-refractivity contribution is -0.173. The summed E-state index contributed by atoms with van der Waals surface area (Å²) in [4.78, 5) is 14.8. The molecular weight excluding hydrogens is 437 g/mol. The number of nitrogens with zero attached hydrogens (tertiary/aromatic N) is 3. The molecule has 1 fully saturated rings. The number of nitrogens with one attached hydrogen (secondary N) is 1. The molecule has 0 aliphatic carbocycles. The number of fused-ring (bicyclic) bond motifs is 1. The Kier molecular flexibility index (Phi) is 6.20. The van der Waals surface area contributed by atoms with Crippen LogP contribution in [0.2, 0.25) is 0 Å². The Balaban J connectivity index is 1.66. The lowest BCUT2D eigenvalue weighted by Gasteiger charge is -2.36. The number of carbonyl (C=O) groups is 1. The van der Waals surface area contributed by atoms with Crippen molar-refractivity contribution in [3.63, 3.8) is 0 Å². The summed E-state index contributed by atoms with van der Waals surface area (Å²) in [5, 5.41) is 7.25. The average Bonchev–Trinajstić information content (AvgIpc) is 3.21. The number of carbonyl (C=O) groups excluding carboxylic acids is 1. The molecule has 2 aliphatic heterocycles. The van der Waals surface area contributed by atoms with Gasteiger partial charge in [0.25, 0.3) is 5.91 Å². The lowest BCUT2D eigenvalue weighted by atomic mass is 9.93. The first-order valence-electron chi connectivity index (χ1n) is 11.1. The molecule has 0 bridgehead atoms. The van der Waals surface area contributed by atoms with E-state index in [1.165, 1.54) is 20.3 Å². The Hall–Kier alpha value is -2.91. The Morgan fingerprint density at radius 2 is 1.85 bits per heavy atom. The van der Waals surface area contributed by atoms with E-state index in [1.54, 1.807) is 23.1 Å². The van der Waals surface area contributed by atoms with Crippen molar-refractivity contribution in [2.24, 2.45) is 5.92 Å². The van der Waals surface area contributed by atoms with E-state index >= 15 is 0 Å². The molecule has 4 atom stereocenters. The number of aromatic nitrogens is 2. The Bertz CT molecular complexity index is 1020. The molecule has 7 nitrogen and oxygen atoms in total. The molecule has 1 aromatic carbocycles. The van der Waals surface area contributed by atoms with Crippen molar-refractivity contribution in [3.8, 4) is 11.5 Å². The minimum absolute atomic E-state index is 0.0193. The summed E-state index contributed by atoms with van der Waals surface area (Å²) in [5.41, 5.74) is 0.655. The van der Waals surface area contributed by atoms with Crippen molar-refractivity contribution in [1.82, 2.24) is 14.7 Å². The highest BCUT2D eigenvalue weighted by atomic mass is 19.4. The fourth-order valence-corrected chi connectivity index (χ4v) is 4.82. The SMILES string of the molecule is COc1ccc(C2CC(C(F)(F)F)n3nc(C(=O)N4CCC(C)CC4C)cc3N2)cc1OC. The number of ether oxygens (including phenoxy) is 2. The van der Waals surface area contributed by atoms with Gasteiger partial charge in [-0.05, 0) is 43.4 Å². The van der Waals surface area contributed by atoms with Crippen LogP contribution >= 0.6 is 0 Å². The predicted molar refractivity (Wildman–Crippen MR) is 117 cm³/mol. The first-order valence-corrected chi connectivity index (χ1v) is 11.1. The standard InChI is InChI=1S/C23H29F3N4O3/c1-13-7-8-29(14(2)9-13)22(31)17-12-21-27-16(11-20(23(24,25)26)30(21)28-17)15-5-6-18(32-3)19(10-15)33-4/h5-6,10,12-14,16,20,27H,7-9,11H2,1-4H3. The summed E-state index contributed by atoms with van der Waals surface area (Å²) >= 11 is 0. The highest BCUT2D eigenvalue weighted by Crippen LogP contribution is 2.44. The van der Waals surface area contributed by atoms with Gasteiger partial charge in [0.1, 0.15) is 5.82 Å². The number of hydrogen-bond donors (Lipinski definition) is 1. The Morgan fingerprint density at radius 3 is 2.48 bits per heavy atom. The zero-order valence-corrected chi connectivity index (χ0v) is 19.1. The number of anilines is 1. The van der Waals surface area contributed by atoms with E-state index in [0.29, 0.717) is 29.5 Å². The van der Waals surface area contributed by atoms with Gasteiger partial charge in [-0.15, -0.1) is 0 Å². The molecule has 0 radical (unpaired) electrons. The molecule has 1 N–H and O–H groups in total. The van der Waals surface area contributed by atoms with E-state index in [1.807, 2.05) is 6.92 Å². The summed E-state index contributed by atoms with van der Waals surface area (Å²) in [6, 6.07) is 3.99. The number of benzene rings is 1. The molecule has 0 saturated carbocycles. The molecule has 180 valence electrons. The van der Waals surface area contributed by atoms with Crippen molar-refractivity contribution in [2.75, 3.05) is 26.1 Å². The normalized spacial score (nSPS) is 25.2. The zero-order valence-electron chi connectivity index (χ0n) is 19.1. The van der Waals surface area contributed by atoms with Gasteiger partial charge in [-0.25, -0.2) is 4.68 Å². The third-order valence-electron chi connectivity index (χ3n) is 6.62. The van der Waals surface area contributed by atoms with E-state index in [2.05, 4.69) is 17.3 Å². The third kappa shape index (κ3) is 4.47. The number of halogens is 3. The second kappa shape index (κ2) is 8.79. The van der Waals surface area contributed by atoms with Crippen LogP contribution in [0.15, 0.2) is 24.3 Å². The van der Waals surface area contributed by atoms with Gasteiger partial charge in [-0.3, -0.25) is 4.79 Å². The molecule has 2 aromatic rings. The molecule has 1 saturated heterocycles. The van der Waals surface area contributed by atoms with Crippen LogP contribution < -0.4 is 14.8 Å². The fraction of sp³-hybridized carbons (Fsp3) is 0.565. The topological polar surface area (TPSA) is 68.6 Å². The number of likely N-dealkylation sites (tertiary alicyclic amines) is 1. The van der Waals surface area contributed by atoms with Crippen molar-refractivity contribution in [3.05, 3.63) is 35.5 Å². The van der Waals surface area contributed by atoms with Crippen LogP contribution in [-0.4, -0.2) is 53.6 Å². The maximum Gasteiger partial charge on any atom is 0.410 e. The van der Waals surface area contributed by atoms with E-state index in [4.69, 9.17) is 9.47 Å². The molecule has 33 heavy (non-hydrogen) atoms. The first kappa shape index (κ1) is 23.3. The number of alkyl halides is 3. The Labute approximate surface area is 190 Å². The first-order chi connectivity index (χ1) is 15.6. The van der Waals surface area contributed by atoms with Gasteiger partial charge in [0.05, 0.1) is 20.3 Å². The molecule has 4 unspecified atom stereocenters. The van der Waals surface area contributed by atoms with E-state index in [0.717, 1.165) is 17.5 Å². The van der Waals surface area contributed by atoms with Gasteiger partial charge >= 0.3 is 6.18 Å². The van der Waals surface area contributed by atoms with Crippen molar-refractivity contribution < 1.29 is 27.4 Å². The molecule has 10 heteroatoms. The van der Waals surface area contributed by atoms with Gasteiger partial charge in [0.15, 0.2) is 23.2 Å². The number of rotatable bonds is 4. The molecule has 1 aromatic heterocycles. The highest BCUT2D eigenvalue weighted by Gasteiger charge is 2.47. The van der Waals surface area contributed by atoms with Gasteiger partial charge in [-0.2, -0.15) is 18.3 Å². The van der Waals surface area contributed by atoms with Crippen molar-refractivity contribution in [1.29, 1.82) is 0 Å². The summed E-state index contributed by atoms with van der Waals surface area (Å²) in [5.74, 6) is 1.28. The van der Waals surface area contributed by atoms with Crippen LogP contribution in [0.3, 0.4) is 0 Å². The third-order valence-corrected chi connectivity index (χ3v) is 6.62. The van der Waals surface area contributed by atoms with Crippen LogP contribution in [0.1, 0.15) is 61.2 Å². The molecule has 3 heterocycles. The van der Waals surface area contributed by atoms with Gasteiger partial charge < -0.3 is 19.7 Å². The van der Waals surface area contributed by atoms with E-state index in [9.17, 15) is 18.0 Å². The van der Waals surface area contributed by atoms with E-state index < -0.39 is 18.3 Å². The molecule has 2 aliphatic rings. The van der Waals surface area contributed by atoms with Crippen LogP contribution in [-0.2, 0) is 0 Å². The number of piperidine rings is 1. The molecule has 4 rings (SSSR count). The highest BCUT2D eigenvalue weighted by molar-refractivity contribution is 5.93. The zero-order chi connectivity index (χ0) is 23.9. The monoisotopic (exact) mass is 466 g/mol. The van der Waals surface area contributed by atoms with E-state index in [-0.39, 0.29) is 29.9 Å². The number of amides is 1. The van der Waals surface area contributed by atoms with Crippen LogP contribution in [0.5, 0.6) is 11.5 Å². The smallest absolute Gasteiger partial charge is 0.410 e. The predicted octanol–water partition coefficient (Wildman–Crippen LogP) is 4.82. The Morgan fingerprint density at radius 1 is 1.12 bits per heavy atom. The fourth-order valence-electron chi connectivity index (χ4n) is 4.82. The number of methoxy groups -OCH3 is 2. The molecule has 1 amide bonds.